The van der Waals surface area contributed by atoms with Gasteiger partial charge in [-0.25, -0.2) is 17.7 Å². The SMILES string of the molecule is CCOc1c(-c2cn[nH]c2)ccn2nc(Nc3ccc(S(=O)(=O)NCC4CC5(CNC5)C4)cc3C)nc12. The smallest absolute Gasteiger partial charge is 0.247 e. The van der Waals surface area contributed by atoms with Crippen LogP contribution in [0.15, 0.2) is 47.8 Å². The molecule has 2 fully saturated rings. The lowest BCUT2D eigenvalue weighted by Gasteiger charge is -2.54. The highest BCUT2D eigenvalue weighted by Crippen LogP contribution is 2.48. The van der Waals surface area contributed by atoms with Crippen LogP contribution < -0.4 is 20.1 Å². The molecule has 0 unspecified atom stereocenters. The zero-order chi connectivity index (χ0) is 25.6. The summed E-state index contributed by atoms with van der Waals surface area (Å²) in [5, 5.41) is 17.9. The third-order valence-electron chi connectivity index (χ3n) is 7.32. The van der Waals surface area contributed by atoms with Crippen LogP contribution in [0.1, 0.15) is 25.3 Å². The molecule has 3 aromatic heterocycles. The number of nitrogens with one attached hydrogen (secondary N) is 4. The summed E-state index contributed by atoms with van der Waals surface area (Å²) in [5.41, 5.74) is 4.24. The molecule has 4 heterocycles. The fraction of sp³-hybridized carbons (Fsp3) is 0.400. The van der Waals surface area contributed by atoms with Crippen LogP contribution in [0.2, 0.25) is 0 Å². The number of rotatable bonds is 9. The van der Waals surface area contributed by atoms with Crippen LogP contribution in [-0.2, 0) is 10.0 Å². The lowest BCUT2D eigenvalue weighted by atomic mass is 9.59. The van der Waals surface area contributed by atoms with Crippen molar-refractivity contribution >= 4 is 27.3 Å². The summed E-state index contributed by atoms with van der Waals surface area (Å²) in [6.45, 7) is 6.85. The number of hydrogen-bond donors (Lipinski definition) is 4. The summed E-state index contributed by atoms with van der Waals surface area (Å²) in [6, 6.07) is 6.93. The molecule has 6 rings (SSSR count). The summed E-state index contributed by atoms with van der Waals surface area (Å²) >= 11 is 0. The highest BCUT2D eigenvalue weighted by molar-refractivity contribution is 7.89. The van der Waals surface area contributed by atoms with Crippen molar-refractivity contribution in [3.63, 3.8) is 0 Å². The van der Waals surface area contributed by atoms with Crippen LogP contribution in [0, 0.1) is 18.3 Å². The van der Waals surface area contributed by atoms with E-state index in [2.05, 4.69) is 35.6 Å². The molecular formula is C25H30N8O3S. The predicted molar refractivity (Wildman–Crippen MR) is 139 cm³/mol. The fourth-order valence-corrected chi connectivity index (χ4v) is 6.54. The second-order valence-electron chi connectivity index (χ2n) is 10.0. The van der Waals surface area contributed by atoms with Crippen molar-refractivity contribution in [1.82, 2.24) is 34.8 Å². The van der Waals surface area contributed by atoms with Gasteiger partial charge in [0.1, 0.15) is 0 Å². The molecule has 1 spiro atoms. The van der Waals surface area contributed by atoms with E-state index in [1.165, 1.54) is 0 Å². The lowest BCUT2D eigenvalue weighted by molar-refractivity contribution is 0.00336. The Hall–Kier alpha value is -3.48. The molecule has 0 amide bonds. The first-order valence-electron chi connectivity index (χ1n) is 12.5. The Bertz CT molecular complexity index is 1540. The molecule has 12 heteroatoms. The van der Waals surface area contributed by atoms with Gasteiger partial charge in [-0.05, 0) is 67.9 Å². The maximum atomic E-state index is 12.9. The van der Waals surface area contributed by atoms with Gasteiger partial charge >= 0.3 is 0 Å². The minimum Gasteiger partial charge on any atom is -0.489 e. The average molecular weight is 523 g/mol. The van der Waals surface area contributed by atoms with E-state index in [-0.39, 0.29) is 4.90 Å². The minimum absolute atomic E-state index is 0.251. The lowest BCUT2D eigenvalue weighted by Crippen LogP contribution is -2.61. The first-order chi connectivity index (χ1) is 17.9. The molecular weight excluding hydrogens is 492 g/mol. The largest absolute Gasteiger partial charge is 0.489 e. The van der Waals surface area contributed by atoms with Gasteiger partial charge in [-0.3, -0.25) is 5.10 Å². The van der Waals surface area contributed by atoms with Crippen LogP contribution in [0.25, 0.3) is 16.8 Å². The predicted octanol–water partition coefficient (Wildman–Crippen LogP) is 2.85. The number of aryl methyl sites for hydroxylation is 1. The highest BCUT2D eigenvalue weighted by Gasteiger charge is 2.48. The van der Waals surface area contributed by atoms with Gasteiger partial charge < -0.3 is 15.4 Å². The molecule has 1 saturated heterocycles. The maximum Gasteiger partial charge on any atom is 0.247 e. The van der Waals surface area contributed by atoms with Crippen LogP contribution in [-0.4, -0.2) is 59.5 Å². The average Bonchev–Trinajstić information content (AvgIpc) is 3.49. The van der Waals surface area contributed by atoms with Crippen LogP contribution in [0.4, 0.5) is 11.6 Å². The monoisotopic (exact) mass is 522 g/mol. The van der Waals surface area contributed by atoms with Crippen molar-refractivity contribution < 1.29 is 13.2 Å². The molecule has 4 N–H and O–H groups in total. The summed E-state index contributed by atoms with van der Waals surface area (Å²) in [5.74, 6) is 1.41. The van der Waals surface area contributed by atoms with Crippen LogP contribution in [0.3, 0.4) is 0 Å². The minimum atomic E-state index is -3.58. The number of pyridine rings is 1. The summed E-state index contributed by atoms with van der Waals surface area (Å²) in [6.07, 6.45) is 7.52. The van der Waals surface area contributed by atoms with Gasteiger partial charge in [0.15, 0.2) is 11.4 Å². The van der Waals surface area contributed by atoms with Crippen LogP contribution >= 0.6 is 0 Å². The molecule has 11 nitrogen and oxygen atoms in total. The van der Waals surface area contributed by atoms with E-state index in [0.29, 0.717) is 41.8 Å². The second-order valence-corrected chi connectivity index (χ2v) is 11.8. The van der Waals surface area contributed by atoms with Crippen molar-refractivity contribution in [2.24, 2.45) is 11.3 Å². The number of fused-ring (bicyclic) bond motifs is 1. The Morgan fingerprint density at radius 2 is 2.08 bits per heavy atom. The van der Waals surface area contributed by atoms with E-state index in [0.717, 1.165) is 48.3 Å². The van der Waals surface area contributed by atoms with Crippen molar-refractivity contribution in [3.8, 4) is 16.9 Å². The molecule has 194 valence electrons. The topological polar surface area (TPSA) is 138 Å². The zero-order valence-electron chi connectivity index (χ0n) is 20.8. The fourth-order valence-electron chi connectivity index (χ4n) is 5.34. The Kier molecular flexibility index (Phi) is 5.89. The number of sulfonamides is 1. The zero-order valence-corrected chi connectivity index (χ0v) is 21.6. The number of aromatic nitrogens is 5. The number of aromatic amines is 1. The van der Waals surface area contributed by atoms with E-state index >= 15 is 0 Å². The van der Waals surface area contributed by atoms with E-state index in [1.54, 1.807) is 35.1 Å². The molecule has 1 aliphatic heterocycles. The highest BCUT2D eigenvalue weighted by atomic mass is 32.2. The number of ether oxygens (including phenoxy) is 1. The number of benzene rings is 1. The molecule has 0 radical (unpaired) electrons. The van der Waals surface area contributed by atoms with Crippen LogP contribution in [0.5, 0.6) is 5.75 Å². The summed E-state index contributed by atoms with van der Waals surface area (Å²) < 4.78 is 36.2. The van der Waals surface area contributed by atoms with Gasteiger partial charge in [0.05, 0.1) is 17.7 Å². The number of H-pyrrole nitrogens is 1. The third kappa shape index (κ3) is 4.45. The van der Waals surface area contributed by atoms with Gasteiger partial charge in [0.25, 0.3) is 0 Å². The number of hydrogen-bond acceptors (Lipinski definition) is 8. The van der Waals surface area contributed by atoms with E-state index in [4.69, 9.17) is 4.74 Å². The molecule has 1 aromatic carbocycles. The Labute approximate surface area is 215 Å². The van der Waals surface area contributed by atoms with Gasteiger partial charge in [-0.2, -0.15) is 10.1 Å². The quantitative estimate of drug-likeness (QED) is 0.263. The molecule has 37 heavy (non-hydrogen) atoms. The second kappa shape index (κ2) is 9.12. The summed E-state index contributed by atoms with van der Waals surface area (Å²) in [7, 11) is -3.58. The third-order valence-corrected chi connectivity index (χ3v) is 8.74. The molecule has 4 aromatic rings. The number of nitrogens with zero attached hydrogens (tertiary/aromatic N) is 4. The van der Waals surface area contributed by atoms with Gasteiger partial charge in [-0.15, -0.1) is 5.10 Å². The molecule has 1 aliphatic carbocycles. The van der Waals surface area contributed by atoms with Crippen molar-refractivity contribution in [1.29, 1.82) is 0 Å². The Morgan fingerprint density at radius 1 is 1.24 bits per heavy atom. The Morgan fingerprint density at radius 3 is 2.76 bits per heavy atom. The van der Waals surface area contributed by atoms with Crippen molar-refractivity contribution in [2.45, 2.75) is 31.6 Å². The molecule has 0 bridgehead atoms. The summed E-state index contributed by atoms with van der Waals surface area (Å²) in [4.78, 5) is 4.90. The van der Waals surface area contributed by atoms with Gasteiger partial charge in [0.2, 0.25) is 16.0 Å². The first-order valence-corrected chi connectivity index (χ1v) is 13.9. The van der Waals surface area contributed by atoms with Crippen molar-refractivity contribution in [3.05, 3.63) is 48.4 Å². The molecule has 1 saturated carbocycles. The van der Waals surface area contributed by atoms with E-state index in [1.807, 2.05) is 26.1 Å². The maximum absolute atomic E-state index is 12.9. The normalized spacial score (nSPS) is 17.0. The van der Waals surface area contributed by atoms with Gasteiger partial charge in [0, 0.05) is 48.8 Å². The van der Waals surface area contributed by atoms with E-state index < -0.39 is 10.0 Å². The molecule has 0 atom stereocenters. The van der Waals surface area contributed by atoms with Gasteiger partial charge in [-0.1, -0.05) is 0 Å². The Balaban J connectivity index is 1.18. The standard InChI is InChI=1S/C25H30N8O3S/c1-3-36-22-20(18-12-27-28-13-18)6-7-33-23(22)31-24(32-33)30-21-5-4-19(8-16(21)2)37(34,35)29-11-17-9-25(10-17)14-26-15-25/h4-8,12-13,17,26,29H,3,9-11,14-15H2,1-2H3,(H,27,28)(H,30,32). The number of anilines is 2. The van der Waals surface area contributed by atoms with Crippen molar-refractivity contribution in [2.75, 3.05) is 31.6 Å². The molecule has 2 aliphatic rings. The first kappa shape index (κ1) is 23.9. The van der Waals surface area contributed by atoms with E-state index in [9.17, 15) is 8.42 Å².